The number of rotatable bonds is 10. The normalized spacial score (nSPS) is 16.9. The van der Waals surface area contributed by atoms with Gasteiger partial charge in [-0.15, -0.1) is 0 Å². The molecule has 0 aliphatic rings. The molecule has 2 atom stereocenters. The van der Waals surface area contributed by atoms with Gasteiger partial charge in [-0.25, -0.2) is 0 Å². The monoisotopic (exact) mass is 382 g/mol. The summed E-state index contributed by atoms with van der Waals surface area (Å²) in [5.74, 6) is 1.30. The zero-order valence-corrected chi connectivity index (χ0v) is 21.5. The fourth-order valence-corrected chi connectivity index (χ4v) is 5.13. The van der Waals surface area contributed by atoms with Crippen LogP contribution in [0.2, 0.25) is 0 Å². The van der Waals surface area contributed by atoms with E-state index in [1.165, 1.54) is 12.8 Å². The molecule has 0 radical (unpaired) electrons. The van der Waals surface area contributed by atoms with Crippen molar-refractivity contribution >= 4 is 0 Å². The summed E-state index contributed by atoms with van der Waals surface area (Å²) in [6.07, 6.45) is 5.27. The Balaban J connectivity index is 5.73. The second kappa shape index (κ2) is 9.64. The van der Waals surface area contributed by atoms with Crippen molar-refractivity contribution in [3.63, 3.8) is 0 Å². The Kier molecular flexibility index (Phi) is 9.63. The first-order valence-corrected chi connectivity index (χ1v) is 11.4. The van der Waals surface area contributed by atoms with E-state index in [0.717, 1.165) is 12.8 Å². The molecule has 0 N–H and O–H groups in total. The van der Waals surface area contributed by atoms with Gasteiger partial charge in [0.15, 0.2) is 0 Å². The summed E-state index contributed by atoms with van der Waals surface area (Å²) >= 11 is 0. The number of hydrogen-bond donors (Lipinski definition) is 0. The molecule has 1 nitrogen and oxygen atoms in total. The van der Waals surface area contributed by atoms with Gasteiger partial charge in [-0.2, -0.15) is 0 Å². The van der Waals surface area contributed by atoms with Gasteiger partial charge < -0.3 is 4.74 Å². The quantitative estimate of drug-likeness (QED) is 0.367. The van der Waals surface area contributed by atoms with E-state index in [2.05, 4.69) is 96.9 Å². The van der Waals surface area contributed by atoms with Crippen LogP contribution < -0.4 is 0 Å². The second-order valence-corrected chi connectivity index (χ2v) is 13.8. The lowest BCUT2D eigenvalue weighted by molar-refractivity contribution is -0.141. The van der Waals surface area contributed by atoms with Crippen molar-refractivity contribution < 1.29 is 4.74 Å². The molecule has 0 heterocycles. The average molecular weight is 383 g/mol. The smallest absolute Gasteiger partial charge is 0.0632 e. The van der Waals surface area contributed by atoms with E-state index in [1.54, 1.807) is 0 Å². The predicted octanol–water partition coefficient (Wildman–Crippen LogP) is 8.76. The van der Waals surface area contributed by atoms with Crippen LogP contribution in [0.15, 0.2) is 0 Å². The van der Waals surface area contributed by atoms with Gasteiger partial charge in [0.1, 0.15) is 0 Å². The van der Waals surface area contributed by atoms with E-state index in [0.29, 0.717) is 34.9 Å². The third kappa shape index (κ3) is 11.5. The zero-order valence-electron chi connectivity index (χ0n) is 21.5. The lowest BCUT2D eigenvalue weighted by Gasteiger charge is -2.46. The van der Waals surface area contributed by atoms with Crippen molar-refractivity contribution in [2.45, 2.75) is 135 Å². The van der Waals surface area contributed by atoms with Gasteiger partial charge in [0.2, 0.25) is 0 Å². The second-order valence-electron chi connectivity index (χ2n) is 13.8. The van der Waals surface area contributed by atoms with Crippen LogP contribution in [0.5, 0.6) is 0 Å². The zero-order chi connectivity index (χ0) is 21.8. The Hall–Kier alpha value is -0.0400. The maximum atomic E-state index is 7.09. The molecule has 0 aromatic carbocycles. The Morgan fingerprint density at radius 3 is 0.963 bits per heavy atom. The molecular weight excluding hydrogens is 328 g/mol. The van der Waals surface area contributed by atoms with Gasteiger partial charge in [0, 0.05) is 0 Å². The Bertz CT molecular complexity index is 374. The van der Waals surface area contributed by atoms with Gasteiger partial charge in [-0.3, -0.25) is 0 Å². The van der Waals surface area contributed by atoms with Crippen LogP contribution in [0.4, 0.5) is 0 Å². The summed E-state index contributed by atoms with van der Waals surface area (Å²) in [7, 11) is 0. The first-order valence-electron chi connectivity index (χ1n) is 11.4. The van der Waals surface area contributed by atoms with Crippen molar-refractivity contribution in [2.24, 2.45) is 33.5 Å². The molecule has 0 spiro atoms. The van der Waals surface area contributed by atoms with E-state index in [9.17, 15) is 0 Å². The molecule has 164 valence electrons. The molecule has 0 amide bonds. The first kappa shape index (κ1) is 27.0. The topological polar surface area (TPSA) is 9.23 Å². The standard InChI is InChI=1S/C26H54O/c1-19(2)15-21(25(11,12)17-23(5,6)7)27-22(16-20(3)4)26(13,14)18-24(8,9)10/h19-22H,15-18H2,1-14H3. The van der Waals surface area contributed by atoms with Crippen LogP contribution in [0.25, 0.3) is 0 Å². The first-order chi connectivity index (χ1) is 11.8. The maximum absolute atomic E-state index is 7.09. The van der Waals surface area contributed by atoms with E-state index < -0.39 is 0 Å². The Morgan fingerprint density at radius 2 is 0.778 bits per heavy atom. The van der Waals surface area contributed by atoms with Gasteiger partial charge in [-0.05, 0) is 59.2 Å². The van der Waals surface area contributed by atoms with Gasteiger partial charge >= 0.3 is 0 Å². The minimum Gasteiger partial charge on any atom is -0.374 e. The average Bonchev–Trinajstić information content (AvgIpc) is 2.29. The highest BCUT2D eigenvalue weighted by molar-refractivity contribution is 4.90. The number of hydrogen-bond acceptors (Lipinski definition) is 1. The number of ether oxygens (including phenoxy) is 1. The van der Waals surface area contributed by atoms with Gasteiger partial charge in [0.25, 0.3) is 0 Å². The van der Waals surface area contributed by atoms with Crippen molar-refractivity contribution in [2.75, 3.05) is 0 Å². The van der Waals surface area contributed by atoms with Gasteiger partial charge in [0.05, 0.1) is 12.2 Å². The summed E-state index contributed by atoms with van der Waals surface area (Å²) in [5.41, 5.74) is 0.984. The summed E-state index contributed by atoms with van der Waals surface area (Å²) in [6, 6.07) is 0. The molecular formula is C26H54O. The molecule has 0 bridgehead atoms. The summed E-state index contributed by atoms with van der Waals surface area (Å²) < 4.78 is 7.09. The van der Waals surface area contributed by atoms with E-state index in [1.807, 2.05) is 0 Å². The molecule has 0 aromatic rings. The van der Waals surface area contributed by atoms with Crippen molar-refractivity contribution in [1.29, 1.82) is 0 Å². The third-order valence-electron chi connectivity index (χ3n) is 5.41. The highest BCUT2D eigenvalue weighted by Crippen LogP contribution is 2.44. The third-order valence-corrected chi connectivity index (χ3v) is 5.41. The molecule has 0 rings (SSSR count). The molecule has 0 aliphatic carbocycles. The molecule has 0 aromatic heterocycles. The molecule has 0 aliphatic heterocycles. The molecule has 1 heteroatoms. The minimum absolute atomic E-state index is 0.176. The molecule has 27 heavy (non-hydrogen) atoms. The molecule has 0 fully saturated rings. The Labute approximate surface area is 173 Å². The summed E-state index contributed by atoms with van der Waals surface area (Å²) in [5, 5.41) is 0. The van der Waals surface area contributed by atoms with Crippen LogP contribution in [-0.2, 0) is 4.74 Å². The molecule has 2 unspecified atom stereocenters. The van der Waals surface area contributed by atoms with Crippen LogP contribution in [0.1, 0.15) is 123 Å². The highest BCUT2D eigenvalue weighted by atomic mass is 16.5. The fourth-order valence-electron chi connectivity index (χ4n) is 5.13. The maximum Gasteiger partial charge on any atom is 0.0632 e. The summed E-state index contributed by atoms with van der Waals surface area (Å²) in [6.45, 7) is 33.2. The fraction of sp³-hybridized carbons (Fsp3) is 1.00. The molecule has 0 saturated heterocycles. The van der Waals surface area contributed by atoms with E-state index >= 15 is 0 Å². The van der Waals surface area contributed by atoms with Crippen molar-refractivity contribution in [1.82, 2.24) is 0 Å². The SMILES string of the molecule is CC(C)CC(OC(CC(C)C)C(C)(C)CC(C)(C)C)C(C)(C)CC(C)(C)C. The van der Waals surface area contributed by atoms with Crippen LogP contribution in [0.3, 0.4) is 0 Å². The largest absolute Gasteiger partial charge is 0.374 e. The van der Waals surface area contributed by atoms with Crippen LogP contribution >= 0.6 is 0 Å². The Morgan fingerprint density at radius 1 is 0.519 bits per heavy atom. The summed E-state index contributed by atoms with van der Waals surface area (Å²) in [4.78, 5) is 0. The molecule has 0 saturated carbocycles. The van der Waals surface area contributed by atoms with E-state index in [4.69, 9.17) is 4.74 Å². The minimum atomic E-state index is 0.176. The lowest BCUT2D eigenvalue weighted by atomic mass is 9.69. The van der Waals surface area contributed by atoms with Crippen molar-refractivity contribution in [3.8, 4) is 0 Å². The van der Waals surface area contributed by atoms with Crippen LogP contribution in [0, 0.1) is 33.5 Å². The van der Waals surface area contributed by atoms with E-state index in [-0.39, 0.29) is 10.8 Å². The van der Waals surface area contributed by atoms with Gasteiger partial charge in [-0.1, -0.05) is 96.9 Å². The van der Waals surface area contributed by atoms with Crippen molar-refractivity contribution in [3.05, 3.63) is 0 Å². The lowest BCUT2D eigenvalue weighted by Crippen LogP contribution is -2.44. The van der Waals surface area contributed by atoms with Crippen LogP contribution in [-0.4, -0.2) is 12.2 Å². The predicted molar refractivity (Wildman–Crippen MR) is 123 cm³/mol. The highest BCUT2D eigenvalue weighted by Gasteiger charge is 2.41.